The molecule has 0 radical (unpaired) electrons. The average Bonchev–Trinajstić information content (AvgIpc) is 2.47. The van der Waals surface area contributed by atoms with Crippen LogP contribution < -0.4 is 14.8 Å². The molecule has 0 amide bonds. The van der Waals surface area contributed by atoms with E-state index in [0.717, 1.165) is 21.3 Å². The number of benzene rings is 2. The lowest BCUT2D eigenvalue weighted by Gasteiger charge is -2.10. The van der Waals surface area contributed by atoms with Crippen LogP contribution in [0.15, 0.2) is 40.9 Å². The summed E-state index contributed by atoms with van der Waals surface area (Å²) in [6, 6.07) is 10.6. The van der Waals surface area contributed by atoms with Crippen molar-refractivity contribution in [2.75, 3.05) is 14.2 Å². The minimum Gasteiger partial charge on any atom is -0.496 e. The van der Waals surface area contributed by atoms with Gasteiger partial charge >= 0.3 is 0 Å². The van der Waals surface area contributed by atoms with Crippen LogP contribution in [0.4, 0.5) is 4.39 Å². The Kier molecular flexibility index (Phi) is 5.59. The van der Waals surface area contributed by atoms with Crippen molar-refractivity contribution in [1.29, 1.82) is 0 Å². The number of ether oxygens (including phenoxy) is 2. The molecular formula is C16H17BrFNO2. The zero-order valence-corrected chi connectivity index (χ0v) is 13.5. The van der Waals surface area contributed by atoms with Gasteiger partial charge in [-0.2, -0.15) is 0 Å². The molecule has 0 aliphatic carbocycles. The maximum absolute atomic E-state index is 13.9. The molecule has 0 saturated heterocycles. The Labute approximate surface area is 132 Å². The third kappa shape index (κ3) is 4.19. The molecule has 0 atom stereocenters. The fourth-order valence-electron chi connectivity index (χ4n) is 1.94. The molecule has 1 N–H and O–H groups in total. The fraction of sp³-hybridized carbons (Fsp3) is 0.250. The van der Waals surface area contributed by atoms with Crippen LogP contribution in [0.2, 0.25) is 0 Å². The Morgan fingerprint density at radius 3 is 2.43 bits per heavy atom. The first-order valence-corrected chi connectivity index (χ1v) is 7.31. The Hall–Kier alpha value is -1.59. The quantitative estimate of drug-likeness (QED) is 0.854. The lowest BCUT2D eigenvalue weighted by Crippen LogP contribution is -2.05. The van der Waals surface area contributed by atoms with Crippen molar-refractivity contribution in [2.45, 2.75) is 13.2 Å². The molecule has 5 heteroatoms. The molecule has 2 rings (SSSR count). The highest BCUT2D eigenvalue weighted by molar-refractivity contribution is 9.10. The summed E-state index contributed by atoms with van der Waals surface area (Å²) in [5.74, 6) is 0.651. The van der Waals surface area contributed by atoms with Crippen LogP contribution in [-0.2, 0) is 13.2 Å². The largest absolute Gasteiger partial charge is 0.496 e. The van der Waals surface area contributed by atoms with Crippen LogP contribution in [0, 0.1) is 5.82 Å². The van der Waals surface area contributed by atoms with Crippen LogP contribution >= 0.6 is 15.9 Å². The number of nitrogens with one attached hydrogen (secondary N) is 1. The predicted molar refractivity (Wildman–Crippen MR) is 84.2 cm³/mol. The highest BCUT2D eigenvalue weighted by Crippen LogP contribution is 2.26. The van der Waals surface area contributed by atoms with Gasteiger partial charge < -0.3 is 14.8 Å². The summed E-state index contributed by atoms with van der Waals surface area (Å²) in [4.78, 5) is 0. The standard InChI is InChI=1S/C16H17BrFNO2/c1-19-9-11-3-6-16(14(18)8-11)21-10-12-4-5-15(20-2)13(17)7-12/h3-8,19H,9-10H2,1-2H3. The number of rotatable bonds is 6. The lowest BCUT2D eigenvalue weighted by molar-refractivity contribution is 0.290. The Bertz CT molecular complexity index is 619. The molecule has 2 aromatic carbocycles. The van der Waals surface area contributed by atoms with Gasteiger partial charge in [-0.05, 0) is 58.4 Å². The van der Waals surface area contributed by atoms with Crippen molar-refractivity contribution in [3.63, 3.8) is 0 Å². The molecular weight excluding hydrogens is 337 g/mol. The maximum Gasteiger partial charge on any atom is 0.165 e. The van der Waals surface area contributed by atoms with E-state index in [1.165, 1.54) is 6.07 Å². The minimum atomic E-state index is -0.352. The summed E-state index contributed by atoms with van der Waals surface area (Å²) < 4.78 is 25.4. The van der Waals surface area contributed by atoms with E-state index < -0.39 is 0 Å². The van der Waals surface area contributed by atoms with Crippen molar-refractivity contribution >= 4 is 15.9 Å². The van der Waals surface area contributed by atoms with Crippen LogP contribution in [0.25, 0.3) is 0 Å². The summed E-state index contributed by atoms with van der Waals surface area (Å²) in [5, 5.41) is 2.98. The number of halogens is 2. The minimum absolute atomic E-state index is 0.252. The average molecular weight is 354 g/mol. The van der Waals surface area contributed by atoms with Gasteiger partial charge in [-0.3, -0.25) is 0 Å². The Morgan fingerprint density at radius 2 is 1.81 bits per heavy atom. The molecule has 0 aliphatic rings. The third-order valence-corrected chi connectivity index (χ3v) is 3.61. The van der Waals surface area contributed by atoms with Gasteiger partial charge in [-0.25, -0.2) is 4.39 Å². The summed E-state index contributed by atoms with van der Waals surface area (Å²) >= 11 is 3.41. The van der Waals surface area contributed by atoms with Gasteiger partial charge in [0.25, 0.3) is 0 Å². The van der Waals surface area contributed by atoms with E-state index in [1.54, 1.807) is 13.2 Å². The number of hydrogen-bond donors (Lipinski definition) is 1. The molecule has 3 nitrogen and oxygen atoms in total. The first-order chi connectivity index (χ1) is 10.1. The zero-order valence-electron chi connectivity index (χ0n) is 12.0. The fourth-order valence-corrected chi connectivity index (χ4v) is 2.52. The van der Waals surface area contributed by atoms with Crippen molar-refractivity contribution in [1.82, 2.24) is 5.32 Å². The van der Waals surface area contributed by atoms with Crippen molar-refractivity contribution in [3.05, 3.63) is 57.8 Å². The maximum atomic E-state index is 13.9. The zero-order chi connectivity index (χ0) is 15.2. The summed E-state index contributed by atoms with van der Waals surface area (Å²) in [7, 11) is 3.43. The highest BCUT2D eigenvalue weighted by Gasteiger charge is 2.06. The van der Waals surface area contributed by atoms with Crippen molar-refractivity contribution < 1.29 is 13.9 Å². The second-order valence-corrected chi connectivity index (χ2v) is 5.41. The van der Waals surface area contributed by atoms with Gasteiger partial charge in [0.05, 0.1) is 11.6 Å². The van der Waals surface area contributed by atoms with Crippen LogP contribution in [0.3, 0.4) is 0 Å². The molecule has 0 fully saturated rings. The normalized spacial score (nSPS) is 10.5. The van der Waals surface area contributed by atoms with Gasteiger partial charge in [-0.1, -0.05) is 12.1 Å². The molecule has 0 unspecified atom stereocenters. The van der Waals surface area contributed by atoms with Crippen LogP contribution in [0.5, 0.6) is 11.5 Å². The summed E-state index contributed by atoms with van der Waals surface area (Å²) in [5.41, 5.74) is 1.82. The van der Waals surface area contributed by atoms with E-state index >= 15 is 0 Å². The van der Waals surface area contributed by atoms with Crippen molar-refractivity contribution in [3.8, 4) is 11.5 Å². The van der Waals surface area contributed by atoms with Gasteiger partial charge in [0.1, 0.15) is 12.4 Å². The molecule has 0 spiro atoms. The molecule has 0 aliphatic heterocycles. The van der Waals surface area contributed by atoms with E-state index in [-0.39, 0.29) is 11.6 Å². The number of hydrogen-bond acceptors (Lipinski definition) is 3. The topological polar surface area (TPSA) is 30.5 Å². The van der Waals surface area contributed by atoms with E-state index in [9.17, 15) is 4.39 Å². The smallest absolute Gasteiger partial charge is 0.165 e. The first-order valence-electron chi connectivity index (χ1n) is 6.52. The number of methoxy groups -OCH3 is 1. The van der Waals surface area contributed by atoms with Gasteiger partial charge in [0.2, 0.25) is 0 Å². The summed E-state index contributed by atoms with van der Waals surface area (Å²) in [6.45, 7) is 0.924. The predicted octanol–water partition coefficient (Wildman–Crippen LogP) is 3.90. The molecule has 21 heavy (non-hydrogen) atoms. The SMILES string of the molecule is CNCc1ccc(OCc2ccc(OC)c(Br)c2)c(F)c1. The molecule has 2 aromatic rings. The van der Waals surface area contributed by atoms with Gasteiger partial charge in [0.15, 0.2) is 11.6 Å². The van der Waals surface area contributed by atoms with E-state index in [2.05, 4.69) is 21.2 Å². The Balaban J connectivity index is 2.04. The summed E-state index contributed by atoms with van der Waals surface area (Å²) in [6.07, 6.45) is 0. The molecule has 0 aromatic heterocycles. The van der Waals surface area contributed by atoms with Crippen molar-refractivity contribution in [2.24, 2.45) is 0 Å². The second-order valence-electron chi connectivity index (χ2n) is 4.55. The molecule has 0 heterocycles. The van der Waals surface area contributed by atoms with E-state index in [0.29, 0.717) is 13.2 Å². The van der Waals surface area contributed by atoms with Crippen LogP contribution in [0.1, 0.15) is 11.1 Å². The first kappa shape index (κ1) is 15.8. The monoisotopic (exact) mass is 353 g/mol. The van der Waals surface area contributed by atoms with Gasteiger partial charge in [0, 0.05) is 6.54 Å². The Morgan fingerprint density at radius 1 is 1.10 bits per heavy atom. The second kappa shape index (κ2) is 7.43. The third-order valence-electron chi connectivity index (χ3n) is 2.99. The van der Waals surface area contributed by atoms with E-state index in [4.69, 9.17) is 9.47 Å². The van der Waals surface area contributed by atoms with Gasteiger partial charge in [-0.15, -0.1) is 0 Å². The van der Waals surface area contributed by atoms with E-state index in [1.807, 2.05) is 31.3 Å². The van der Waals surface area contributed by atoms with Crippen LogP contribution in [-0.4, -0.2) is 14.2 Å². The lowest BCUT2D eigenvalue weighted by atomic mass is 10.2. The molecule has 0 bridgehead atoms. The molecule has 0 saturated carbocycles. The highest BCUT2D eigenvalue weighted by atomic mass is 79.9. The molecule has 112 valence electrons.